The molecule has 0 radical (unpaired) electrons. The van der Waals surface area contributed by atoms with Gasteiger partial charge in [0, 0.05) is 26.6 Å². The van der Waals surface area contributed by atoms with Crippen LogP contribution in [0.2, 0.25) is 0 Å². The molecule has 3 N–H and O–H groups in total. The molecular formula is C34H51N5O6. The molecule has 1 heterocycles. The quantitative estimate of drug-likeness (QED) is 0.404. The number of carbonyl (C=O) groups excluding carboxylic acids is 5. The Hall–Kier alpha value is -3.63. The van der Waals surface area contributed by atoms with E-state index in [1.165, 1.54) is 24.4 Å². The number of rotatable bonds is 8. The van der Waals surface area contributed by atoms with Crippen molar-refractivity contribution in [2.45, 2.75) is 128 Å². The van der Waals surface area contributed by atoms with Crippen molar-refractivity contribution in [2.24, 2.45) is 5.92 Å². The summed E-state index contributed by atoms with van der Waals surface area (Å²) in [4.78, 5) is 69.4. The highest BCUT2D eigenvalue weighted by Gasteiger charge is 2.45. The SMILES string of the molecule is CC(=O)N[C@H]1C[C@@H](C(=O)NC2CCCc3ccccc32)N(C(=O)[C@@H](NC(=O)[C@H](C)N(C)C(=O)OC(C)(C)C)C2CCCCC2)C1. The first-order chi connectivity index (χ1) is 21.2. The molecule has 2 fully saturated rings. The predicted octanol–water partition coefficient (Wildman–Crippen LogP) is 3.61. The molecule has 45 heavy (non-hydrogen) atoms. The summed E-state index contributed by atoms with van der Waals surface area (Å²) >= 11 is 0. The molecular weight excluding hydrogens is 574 g/mol. The Morgan fingerprint density at radius 2 is 1.67 bits per heavy atom. The van der Waals surface area contributed by atoms with Crippen LogP contribution in [0.5, 0.6) is 0 Å². The van der Waals surface area contributed by atoms with Crippen molar-refractivity contribution in [1.82, 2.24) is 25.8 Å². The molecule has 248 valence electrons. The van der Waals surface area contributed by atoms with Gasteiger partial charge in [-0.2, -0.15) is 0 Å². The summed E-state index contributed by atoms with van der Waals surface area (Å²) < 4.78 is 5.44. The Labute approximate surface area is 267 Å². The fourth-order valence-electron chi connectivity index (χ4n) is 6.86. The number of nitrogens with zero attached hydrogens (tertiary/aromatic N) is 2. The number of ether oxygens (including phenoxy) is 1. The molecule has 1 aromatic carbocycles. The van der Waals surface area contributed by atoms with E-state index in [0.29, 0.717) is 0 Å². The van der Waals surface area contributed by atoms with E-state index in [2.05, 4.69) is 22.0 Å². The smallest absolute Gasteiger partial charge is 0.410 e. The molecule has 1 aromatic rings. The molecule has 0 aromatic heterocycles. The van der Waals surface area contributed by atoms with Crippen LogP contribution in [-0.4, -0.2) is 82.9 Å². The monoisotopic (exact) mass is 625 g/mol. The van der Waals surface area contributed by atoms with Gasteiger partial charge in [0.1, 0.15) is 23.7 Å². The normalized spacial score (nSPS) is 23.2. The molecule has 1 saturated heterocycles. The van der Waals surface area contributed by atoms with Crippen LogP contribution in [0.25, 0.3) is 0 Å². The number of hydrogen-bond donors (Lipinski definition) is 3. The lowest BCUT2D eigenvalue weighted by molar-refractivity contribution is -0.143. The minimum atomic E-state index is -0.894. The van der Waals surface area contributed by atoms with E-state index in [1.54, 1.807) is 32.6 Å². The van der Waals surface area contributed by atoms with Crippen LogP contribution < -0.4 is 16.0 Å². The first kappa shape index (κ1) is 34.2. The van der Waals surface area contributed by atoms with Gasteiger partial charge in [-0.3, -0.25) is 24.1 Å². The Kier molecular flexibility index (Phi) is 11.1. The first-order valence-corrected chi connectivity index (χ1v) is 16.5. The third-order valence-electron chi connectivity index (χ3n) is 9.31. The van der Waals surface area contributed by atoms with Gasteiger partial charge in [0.05, 0.1) is 6.04 Å². The van der Waals surface area contributed by atoms with E-state index in [1.807, 2.05) is 18.2 Å². The minimum Gasteiger partial charge on any atom is -0.444 e. The number of hydrogen-bond acceptors (Lipinski definition) is 6. The third-order valence-corrected chi connectivity index (χ3v) is 9.31. The summed E-state index contributed by atoms with van der Waals surface area (Å²) in [5.74, 6) is -1.40. The molecule has 11 heteroatoms. The van der Waals surface area contributed by atoms with Gasteiger partial charge in [-0.1, -0.05) is 43.5 Å². The van der Waals surface area contributed by atoms with Crippen molar-refractivity contribution in [3.8, 4) is 0 Å². The van der Waals surface area contributed by atoms with E-state index in [9.17, 15) is 24.0 Å². The standard InChI is InChI=1S/C34H51N5O6/c1-21(38(6)33(44)45-34(3,4)5)30(41)37-29(24-14-8-7-9-15-24)32(43)39-20-25(35-22(2)40)19-28(39)31(42)36-27-18-12-16-23-13-10-11-17-26(23)27/h10-11,13,17,21,24-25,27-29H,7-9,12,14-16,18-20H2,1-6H3,(H,35,40)(H,36,42)(H,37,41)/t21-,25-,27?,28-,29-/m0/s1. The zero-order chi connectivity index (χ0) is 32.9. The summed E-state index contributed by atoms with van der Waals surface area (Å²) in [6.07, 6.45) is 6.86. The summed E-state index contributed by atoms with van der Waals surface area (Å²) in [7, 11) is 1.50. The van der Waals surface area contributed by atoms with Gasteiger partial charge in [0.15, 0.2) is 0 Å². The highest BCUT2D eigenvalue weighted by atomic mass is 16.6. The Morgan fingerprint density at radius 3 is 2.33 bits per heavy atom. The Morgan fingerprint density at radius 1 is 0.978 bits per heavy atom. The Bertz CT molecular complexity index is 1260. The summed E-state index contributed by atoms with van der Waals surface area (Å²) in [5, 5.41) is 9.08. The topological polar surface area (TPSA) is 137 Å². The maximum atomic E-state index is 14.4. The number of fused-ring (bicyclic) bond motifs is 1. The van der Waals surface area contributed by atoms with Gasteiger partial charge >= 0.3 is 6.09 Å². The molecule has 1 aliphatic heterocycles. The van der Waals surface area contributed by atoms with Crippen molar-refractivity contribution in [3.05, 3.63) is 35.4 Å². The van der Waals surface area contributed by atoms with Gasteiger partial charge in [0.2, 0.25) is 23.6 Å². The maximum Gasteiger partial charge on any atom is 0.410 e. The Balaban J connectivity index is 1.55. The molecule has 3 aliphatic rings. The van der Waals surface area contributed by atoms with Crippen molar-refractivity contribution < 1.29 is 28.7 Å². The molecule has 1 unspecified atom stereocenters. The zero-order valence-electron chi connectivity index (χ0n) is 27.7. The van der Waals surface area contributed by atoms with Crippen LogP contribution in [0.3, 0.4) is 0 Å². The van der Waals surface area contributed by atoms with Crippen LogP contribution in [0.15, 0.2) is 24.3 Å². The van der Waals surface area contributed by atoms with Crippen LogP contribution >= 0.6 is 0 Å². The van der Waals surface area contributed by atoms with Gasteiger partial charge < -0.3 is 25.6 Å². The number of nitrogens with one attached hydrogen (secondary N) is 3. The van der Waals surface area contributed by atoms with Gasteiger partial charge in [-0.05, 0) is 83.3 Å². The fourth-order valence-corrected chi connectivity index (χ4v) is 6.86. The fraction of sp³-hybridized carbons (Fsp3) is 0.676. The van der Waals surface area contributed by atoms with E-state index in [4.69, 9.17) is 4.74 Å². The highest BCUT2D eigenvalue weighted by Crippen LogP contribution is 2.32. The lowest BCUT2D eigenvalue weighted by Gasteiger charge is -2.36. The second-order valence-corrected chi connectivity index (χ2v) is 13.9. The second kappa shape index (κ2) is 14.6. The van der Waals surface area contributed by atoms with Crippen LogP contribution in [-0.2, 0) is 30.3 Å². The number of benzene rings is 1. The van der Waals surface area contributed by atoms with Crippen molar-refractivity contribution in [3.63, 3.8) is 0 Å². The average Bonchev–Trinajstić information content (AvgIpc) is 3.41. The van der Waals surface area contributed by atoms with E-state index >= 15 is 0 Å². The lowest BCUT2D eigenvalue weighted by atomic mass is 9.83. The summed E-state index contributed by atoms with van der Waals surface area (Å²) in [5.41, 5.74) is 1.59. The molecule has 4 rings (SSSR count). The van der Waals surface area contributed by atoms with Crippen molar-refractivity contribution in [1.29, 1.82) is 0 Å². The molecule has 0 spiro atoms. The van der Waals surface area contributed by atoms with Crippen LogP contribution in [0.4, 0.5) is 4.79 Å². The van der Waals surface area contributed by atoms with E-state index in [-0.39, 0.29) is 48.7 Å². The number of aryl methyl sites for hydroxylation is 1. The maximum absolute atomic E-state index is 14.4. The lowest BCUT2D eigenvalue weighted by Crippen LogP contribution is -2.59. The number of carbonyl (C=O) groups is 5. The number of likely N-dealkylation sites (tertiary alicyclic amines) is 1. The van der Waals surface area contributed by atoms with Gasteiger partial charge in [-0.25, -0.2) is 4.79 Å². The molecule has 5 amide bonds. The molecule has 0 bridgehead atoms. The minimum absolute atomic E-state index is 0.108. The summed E-state index contributed by atoms with van der Waals surface area (Å²) in [6, 6.07) is 5.01. The van der Waals surface area contributed by atoms with Gasteiger partial charge in [-0.15, -0.1) is 0 Å². The third kappa shape index (κ3) is 8.76. The van der Waals surface area contributed by atoms with Crippen molar-refractivity contribution in [2.75, 3.05) is 13.6 Å². The van der Waals surface area contributed by atoms with Crippen LogP contribution in [0.1, 0.15) is 103 Å². The largest absolute Gasteiger partial charge is 0.444 e. The zero-order valence-corrected chi connectivity index (χ0v) is 27.7. The number of amides is 5. The van der Waals surface area contributed by atoms with Crippen molar-refractivity contribution >= 4 is 29.7 Å². The number of likely N-dealkylation sites (N-methyl/N-ethyl adjacent to an activating group) is 1. The van der Waals surface area contributed by atoms with E-state index in [0.717, 1.165) is 56.9 Å². The van der Waals surface area contributed by atoms with Crippen LogP contribution in [0, 0.1) is 5.92 Å². The second-order valence-electron chi connectivity index (χ2n) is 13.9. The van der Waals surface area contributed by atoms with Gasteiger partial charge in [0.25, 0.3) is 0 Å². The molecule has 5 atom stereocenters. The molecule has 1 saturated carbocycles. The first-order valence-electron chi connectivity index (χ1n) is 16.5. The predicted molar refractivity (Wildman–Crippen MR) is 170 cm³/mol. The average molecular weight is 626 g/mol. The molecule has 2 aliphatic carbocycles. The molecule has 11 nitrogen and oxygen atoms in total. The van der Waals surface area contributed by atoms with E-state index < -0.39 is 35.7 Å². The highest BCUT2D eigenvalue weighted by molar-refractivity contribution is 5.94. The summed E-state index contributed by atoms with van der Waals surface area (Å²) in [6.45, 7) is 8.46.